The van der Waals surface area contributed by atoms with Crippen molar-refractivity contribution in [3.05, 3.63) is 35.6 Å². The van der Waals surface area contributed by atoms with Crippen LogP contribution in [0.5, 0.6) is 0 Å². The predicted molar refractivity (Wildman–Crippen MR) is 73.0 cm³/mol. The molecule has 0 aliphatic carbocycles. The molecule has 0 saturated carbocycles. The first-order valence-electron chi connectivity index (χ1n) is 6.20. The zero-order valence-electron chi connectivity index (χ0n) is 11.0. The van der Waals surface area contributed by atoms with Crippen LogP contribution < -0.4 is 10.6 Å². The highest BCUT2D eigenvalue weighted by molar-refractivity contribution is 5.85. The van der Waals surface area contributed by atoms with Gasteiger partial charge in [0.15, 0.2) is 0 Å². The summed E-state index contributed by atoms with van der Waals surface area (Å²) in [6.07, 6.45) is -1.65. The van der Waals surface area contributed by atoms with Crippen molar-refractivity contribution in [2.45, 2.75) is 24.5 Å². The van der Waals surface area contributed by atoms with Crippen LogP contribution in [0.25, 0.3) is 0 Å². The normalized spacial score (nSPS) is 21.4. The lowest BCUT2D eigenvalue weighted by Crippen LogP contribution is -2.41. The highest BCUT2D eigenvalue weighted by atomic mass is 35.5. The van der Waals surface area contributed by atoms with Gasteiger partial charge in [0.05, 0.1) is 18.7 Å². The second-order valence-electron chi connectivity index (χ2n) is 4.81. The third kappa shape index (κ3) is 4.87. The number of alkyl halides is 2. The summed E-state index contributed by atoms with van der Waals surface area (Å²) in [6.45, 7) is -0.691. The Balaban J connectivity index is 0.00000220. The molecule has 0 aromatic heterocycles. The van der Waals surface area contributed by atoms with Gasteiger partial charge < -0.3 is 10.4 Å². The first-order chi connectivity index (χ1) is 9.37. The fraction of sp³-hybridized carbons (Fsp3) is 0.462. The van der Waals surface area contributed by atoms with Crippen molar-refractivity contribution in [1.29, 1.82) is 0 Å². The monoisotopic (exact) mass is 324 g/mol. The summed E-state index contributed by atoms with van der Waals surface area (Å²) >= 11 is 0. The molecule has 2 unspecified atom stereocenters. The van der Waals surface area contributed by atoms with Crippen molar-refractivity contribution in [1.82, 2.24) is 10.6 Å². The molecule has 1 fully saturated rings. The highest BCUT2D eigenvalue weighted by Crippen LogP contribution is 2.25. The minimum atomic E-state index is -2.89. The molecular weight excluding hydrogens is 309 g/mol. The molecule has 1 heterocycles. The second-order valence-corrected chi connectivity index (χ2v) is 4.81. The van der Waals surface area contributed by atoms with Crippen molar-refractivity contribution in [2.24, 2.45) is 0 Å². The molecular formula is C13H16ClF3N2O2. The number of aliphatic hydroxyl groups is 1. The van der Waals surface area contributed by atoms with Crippen LogP contribution in [0.1, 0.15) is 18.1 Å². The quantitative estimate of drug-likeness (QED) is 0.784. The Morgan fingerprint density at radius 3 is 2.81 bits per heavy atom. The number of rotatable bonds is 4. The molecule has 118 valence electrons. The Labute approximate surface area is 126 Å². The van der Waals surface area contributed by atoms with Gasteiger partial charge in [0.1, 0.15) is 5.82 Å². The Kier molecular flexibility index (Phi) is 6.00. The van der Waals surface area contributed by atoms with Gasteiger partial charge in [-0.05, 0) is 17.7 Å². The van der Waals surface area contributed by atoms with E-state index in [2.05, 4.69) is 10.6 Å². The van der Waals surface area contributed by atoms with Gasteiger partial charge in [-0.2, -0.15) is 0 Å². The molecule has 0 bridgehead atoms. The van der Waals surface area contributed by atoms with Crippen LogP contribution in [0, 0.1) is 5.82 Å². The largest absolute Gasteiger partial charge is 0.387 e. The fourth-order valence-electron chi connectivity index (χ4n) is 2.05. The molecule has 1 aromatic rings. The molecule has 8 heteroatoms. The predicted octanol–water partition coefficient (Wildman–Crippen LogP) is 1.39. The lowest BCUT2D eigenvalue weighted by molar-refractivity contribution is -0.123. The summed E-state index contributed by atoms with van der Waals surface area (Å²) in [7, 11) is 0. The van der Waals surface area contributed by atoms with E-state index in [9.17, 15) is 23.1 Å². The number of carbonyl (C=O) groups excluding carboxylic acids is 1. The molecule has 4 nitrogen and oxygen atoms in total. The topological polar surface area (TPSA) is 61.4 Å². The van der Waals surface area contributed by atoms with Gasteiger partial charge in [0.2, 0.25) is 5.91 Å². The fourth-order valence-corrected chi connectivity index (χ4v) is 2.05. The van der Waals surface area contributed by atoms with Crippen LogP contribution >= 0.6 is 12.4 Å². The van der Waals surface area contributed by atoms with E-state index in [4.69, 9.17) is 0 Å². The summed E-state index contributed by atoms with van der Waals surface area (Å²) in [5.41, 5.74) is 0.315. The zero-order valence-corrected chi connectivity index (χ0v) is 11.8. The summed E-state index contributed by atoms with van der Waals surface area (Å²) < 4.78 is 38.8. The molecule has 1 aliphatic heterocycles. The summed E-state index contributed by atoms with van der Waals surface area (Å²) in [4.78, 5) is 11.6. The van der Waals surface area contributed by atoms with Gasteiger partial charge in [-0.15, -0.1) is 12.4 Å². The SMILES string of the molecule is Cl.O=C(NCC(O)c1cccc(F)c1)C1CC(F)(F)CN1. The Hall–Kier alpha value is -1.31. The number of halogens is 4. The maximum absolute atomic E-state index is 13.0. The van der Waals surface area contributed by atoms with Gasteiger partial charge in [-0.1, -0.05) is 12.1 Å². The Morgan fingerprint density at radius 2 is 2.24 bits per heavy atom. The van der Waals surface area contributed by atoms with Gasteiger partial charge in [0.25, 0.3) is 5.92 Å². The average molecular weight is 325 g/mol. The maximum atomic E-state index is 13.0. The first-order valence-corrected chi connectivity index (χ1v) is 6.20. The molecule has 3 N–H and O–H groups in total. The molecule has 2 rings (SSSR count). The van der Waals surface area contributed by atoms with E-state index in [1.165, 1.54) is 18.2 Å². The van der Waals surface area contributed by atoms with Crippen molar-refractivity contribution in [2.75, 3.05) is 13.1 Å². The molecule has 21 heavy (non-hydrogen) atoms. The minimum Gasteiger partial charge on any atom is -0.387 e. The van der Waals surface area contributed by atoms with Crippen molar-refractivity contribution in [3.8, 4) is 0 Å². The molecule has 1 aromatic carbocycles. The minimum absolute atomic E-state index is 0. The number of aliphatic hydroxyl groups excluding tert-OH is 1. The van der Waals surface area contributed by atoms with E-state index in [0.29, 0.717) is 5.56 Å². The highest BCUT2D eigenvalue weighted by Gasteiger charge is 2.42. The summed E-state index contributed by atoms with van der Waals surface area (Å²) in [5.74, 6) is -3.98. The van der Waals surface area contributed by atoms with Crippen LogP contribution in [-0.2, 0) is 4.79 Å². The maximum Gasteiger partial charge on any atom is 0.262 e. The van der Waals surface area contributed by atoms with Crippen molar-refractivity contribution >= 4 is 18.3 Å². The standard InChI is InChI=1S/C13H15F3N2O2.ClH/c14-9-3-1-2-8(4-9)11(19)6-17-12(20)10-5-13(15,16)7-18-10;/h1-4,10-11,18-19H,5-7H2,(H,17,20);1H. The third-order valence-corrected chi connectivity index (χ3v) is 3.13. The molecule has 1 aliphatic rings. The van der Waals surface area contributed by atoms with Gasteiger partial charge in [-0.25, -0.2) is 13.2 Å². The zero-order chi connectivity index (χ0) is 14.8. The van der Waals surface area contributed by atoms with E-state index in [1.54, 1.807) is 0 Å². The molecule has 0 spiro atoms. The van der Waals surface area contributed by atoms with Gasteiger partial charge in [0, 0.05) is 13.0 Å². The second kappa shape index (κ2) is 7.11. The molecule has 1 saturated heterocycles. The van der Waals surface area contributed by atoms with Crippen molar-refractivity contribution in [3.63, 3.8) is 0 Å². The Morgan fingerprint density at radius 1 is 1.52 bits per heavy atom. The van der Waals surface area contributed by atoms with E-state index >= 15 is 0 Å². The van der Waals surface area contributed by atoms with Gasteiger partial charge in [-0.3, -0.25) is 10.1 Å². The van der Waals surface area contributed by atoms with Crippen LogP contribution in [0.15, 0.2) is 24.3 Å². The van der Waals surface area contributed by atoms with Crippen LogP contribution in [0.3, 0.4) is 0 Å². The number of hydrogen-bond acceptors (Lipinski definition) is 3. The smallest absolute Gasteiger partial charge is 0.262 e. The van der Waals surface area contributed by atoms with Crippen LogP contribution in [0.4, 0.5) is 13.2 Å². The third-order valence-electron chi connectivity index (χ3n) is 3.13. The lowest BCUT2D eigenvalue weighted by atomic mass is 10.1. The molecule has 1 amide bonds. The van der Waals surface area contributed by atoms with E-state index in [1.807, 2.05) is 0 Å². The van der Waals surface area contributed by atoms with Crippen LogP contribution in [0.2, 0.25) is 0 Å². The number of carbonyl (C=O) groups is 1. The van der Waals surface area contributed by atoms with Crippen molar-refractivity contribution < 1.29 is 23.1 Å². The average Bonchev–Trinajstić information content (AvgIpc) is 2.76. The molecule has 2 atom stereocenters. The first kappa shape index (κ1) is 17.7. The van der Waals surface area contributed by atoms with Crippen LogP contribution in [-0.4, -0.2) is 36.1 Å². The van der Waals surface area contributed by atoms with E-state index in [0.717, 1.165) is 6.07 Å². The lowest BCUT2D eigenvalue weighted by Gasteiger charge is -2.15. The van der Waals surface area contributed by atoms with E-state index in [-0.39, 0.29) is 19.0 Å². The number of benzene rings is 1. The summed E-state index contributed by atoms with van der Waals surface area (Å²) in [6, 6.07) is 4.37. The van der Waals surface area contributed by atoms with Gasteiger partial charge >= 0.3 is 0 Å². The number of hydrogen-bond donors (Lipinski definition) is 3. The number of nitrogens with one attached hydrogen (secondary N) is 2. The van der Waals surface area contributed by atoms with E-state index < -0.39 is 42.8 Å². The molecule has 0 radical (unpaired) electrons. The summed E-state index contributed by atoms with van der Waals surface area (Å²) in [5, 5.41) is 14.6. The number of amides is 1. The Bertz CT molecular complexity index is 502.